The number of carboxylic acids is 1. The number of carboxylic acid groups (broad SMARTS) is 1. The quantitative estimate of drug-likeness (QED) is 0.0209. The summed E-state index contributed by atoms with van der Waals surface area (Å²) in [5.74, 6) is 1.37. The van der Waals surface area contributed by atoms with Crippen LogP contribution in [-0.2, 0) is 44.1 Å². The highest BCUT2D eigenvalue weighted by atomic mass is 16.6. The number of hydrogen-bond donors (Lipinski definition) is 11. The second-order valence-corrected chi connectivity index (χ2v) is 30.4. The highest BCUT2D eigenvalue weighted by Crippen LogP contribution is 2.30. The van der Waals surface area contributed by atoms with Gasteiger partial charge in [0.1, 0.15) is 62.8 Å². The first kappa shape index (κ1) is 81.0. The van der Waals surface area contributed by atoms with Crippen molar-refractivity contribution in [2.45, 2.75) is 231 Å². The normalized spacial score (nSPS) is 17.9. The zero-order valence-corrected chi connectivity index (χ0v) is 63.5. The maximum atomic E-state index is 13.6. The zero-order chi connectivity index (χ0) is 76.4. The number of aromatic carboxylic acids is 1. The Morgan fingerprint density at radius 3 is 1.00 bits per heavy atom. The van der Waals surface area contributed by atoms with Crippen LogP contribution in [0.2, 0.25) is 0 Å². The van der Waals surface area contributed by atoms with Crippen molar-refractivity contribution in [2.75, 3.05) is 39.0 Å². The van der Waals surface area contributed by atoms with Gasteiger partial charge in [0.05, 0.1) is 36.3 Å². The van der Waals surface area contributed by atoms with E-state index in [4.69, 9.17) is 23.9 Å². The van der Waals surface area contributed by atoms with Crippen molar-refractivity contribution in [1.29, 1.82) is 0 Å². The summed E-state index contributed by atoms with van der Waals surface area (Å²) in [4.78, 5) is 88.6. The van der Waals surface area contributed by atoms with Crippen LogP contribution in [0, 0.1) is 0 Å². The first-order valence-electron chi connectivity index (χ1n) is 36.8. The first-order valence-corrected chi connectivity index (χ1v) is 36.8. The fourth-order valence-corrected chi connectivity index (χ4v) is 12.7. The highest BCUT2D eigenvalue weighted by molar-refractivity contribution is 5.99. The summed E-state index contributed by atoms with van der Waals surface area (Å²) in [5, 5.41) is 41.9. The Kier molecular flexibility index (Phi) is 29.3. The lowest BCUT2D eigenvalue weighted by Crippen LogP contribution is -2.49. The molecule has 0 aliphatic heterocycles. The molecule has 106 heavy (non-hydrogen) atoms. The average molecular weight is 1450 g/mol. The van der Waals surface area contributed by atoms with Crippen LogP contribution in [0.4, 0.5) is 49.3 Å². The van der Waals surface area contributed by atoms with E-state index in [0.717, 1.165) is 99.3 Å². The van der Waals surface area contributed by atoms with Gasteiger partial charge in [-0.15, -0.1) is 0 Å². The van der Waals surface area contributed by atoms with Gasteiger partial charge in [-0.25, -0.2) is 38.9 Å². The summed E-state index contributed by atoms with van der Waals surface area (Å²) in [6, 6.07) is 49.5. The summed E-state index contributed by atoms with van der Waals surface area (Å²) in [6.07, 6.45) is 10.2. The molecule has 0 radical (unpaired) electrons. The Bertz CT molecular complexity index is 3980. The lowest BCUT2D eigenvalue weighted by atomic mass is 9.90. The number of rotatable bonds is 23. The second-order valence-electron chi connectivity index (χ2n) is 30.4. The number of alkyl carbamates (subject to hydrolysis) is 3. The molecule has 24 nitrogen and oxygen atoms in total. The van der Waals surface area contributed by atoms with E-state index in [1.54, 1.807) is 30.3 Å². The number of anilines is 6. The van der Waals surface area contributed by atoms with Crippen LogP contribution >= 0.6 is 0 Å². The smallest absolute Gasteiger partial charge is 0.407 e. The van der Waals surface area contributed by atoms with E-state index in [-0.39, 0.29) is 47.7 Å². The van der Waals surface area contributed by atoms with E-state index in [1.807, 2.05) is 204 Å². The van der Waals surface area contributed by atoms with Gasteiger partial charge in [-0.1, -0.05) is 160 Å². The van der Waals surface area contributed by atoms with E-state index in [1.165, 1.54) is 7.11 Å². The number of nitrogens with one attached hydrogen (secondary N) is 10. The van der Waals surface area contributed by atoms with Crippen molar-refractivity contribution in [3.05, 3.63) is 197 Å². The van der Waals surface area contributed by atoms with Crippen LogP contribution in [-0.4, -0.2) is 116 Å². The van der Waals surface area contributed by atoms with E-state index >= 15 is 0 Å². The SMILES string of the molecule is CC(C)(C)OC(=O)N[C@H]1CCCCC1Nc1ccc(C(=O)NC(C)(C)c2ccccc2)c(NCc2ccccc2)n1.CC(C)(C)OC(=O)N[C@H]1CCCCC1Nc1ccc(C(=O)O)c(NCc2ccccc2)n1.COC(=O)c1ccc(NC2CCCC[C@@H]2NC(=O)OC(C)(C)C)nc1NCc1ccccc1. The number of esters is 1. The maximum Gasteiger partial charge on any atom is 0.407 e. The van der Waals surface area contributed by atoms with Crippen LogP contribution in [0.1, 0.15) is 207 Å². The molecule has 3 unspecified atom stereocenters. The zero-order valence-electron chi connectivity index (χ0n) is 63.5. The molecule has 24 heteroatoms. The van der Waals surface area contributed by atoms with E-state index < -0.39 is 52.6 Å². The molecule has 4 aromatic carbocycles. The van der Waals surface area contributed by atoms with Crippen molar-refractivity contribution in [3.8, 4) is 0 Å². The van der Waals surface area contributed by atoms with Gasteiger partial charge in [0.25, 0.3) is 5.91 Å². The third-order valence-corrected chi connectivity index (χ3v) is 17.8. The molecule has 3 aromatic heterocycles. The number of aromatic nitrogens is 3. The van der Waals surface area contributed by atoms with E-state index in [9.17, 15) is 33.9 Å². The molecule has 0 saturated heterocycles. The number of nitrogens with zero attached hydrogens (tertiary/aromatic N) is 3. The van der Waals surface area contributed by atoms with Gasteiger partial charge < -0.3 is 77.2 Å². The Morgan fingerprint density at radius 2 is 0.679 bits per heavy atom. The van der Waals surface area contributed by atoms with Gasteiger partial charge in [0.15, 0.2) is 0 Å². The third kappa shape index (κ3) is 26.8. The van der Waals surface area contributed by atoms with Crippen LogP contribution < -0.4 is 53.2 Å². The molecule has 11 N–H and O–H groups in total. The van der Waals surface area contributed by atoms with Crippen LogP contribution in [0.3, 0.4) is 0 Å². The molecular formula is C82H109N13O11. The standard InChI is InChI=1S/C33H43N5O3.C25H34N4O4.C24H32N4O4/c1-32(2,3)41-31(40)36-27-19-13-12-18-26(27)35-28-21-20-25(29(37-28)34-22-23-14-8-6-9-15-23)30(39)38-33(4,5)24-16-10-7-11-17-24;1-25(2,3)33-24(31)28-20-13-9-8-12-19(20)27-21-15-14-18(23(30)32-4)22(29-21)26-16-17-10-6-5-7-11-17;1-24(2,3)32-23(31)27-19-12-8-7-11-18(19)26-20-14-13-17(22(29)30)21(28-20)25-15-16-9-5-4-6-10-16/h6-11,14-17,20-21,26-27H,12-13,18-19,22H2,1-5H3,(H,36,40)(H,38,39)(H2,34,35,37);5-7,10-11,14-15,19-20H,8-9,12-13,16H2,1-4H3,(H,28,31)(H2,26,27,29);4-6,9-10,13-14,18-19H,7-8,11-12,15H2,1-3H3,(H,27,31)(H,29,30)(H2,25,26,28)/t26?,27-;19?,20-;18?,19-/m000/s1. The lowest BCUT2D eigenvalue weighted by molar-refractivity contribution is 0.0477. The average Bonchev–Trinajstić information content (AvgIpc) is 0.831. The lowest BCUT2D eigenvalue weighted by Gasteiger charge is -2.34. The highest BCUT2D eigenvalue weighted by Gasteiger charge is 2.33. The Labute approximate surface area is 624 Å². The minimum Gasteiger partial charge on any atom is -0.478 e. The number of amides is 4. The van der Waals surface area contributed by atoms with Gasteiger partial charge in [-0.05, 0) is 173 Å². The molecule has 3 saturated carbocycles. The molecule has 0 spiro atoms. The predicted molar refractivity (Wildman–Crippen MR) is 416 cm³/mol. The monoisotopic (exact) mass is 1450 g/mol. The second kappa shape index (κ2) is 38.4. The molecule has 568 valence electrons. The molecule has 10 rings (SSSR count). The van der Waals surface area contributed by atoms with E-state index in [2.05, 4.69) is 63.1 Å². The van der Waals surface area contributed by atoms with Crippen LogP contribution in [0.5, 0.6) is 0 Å². The Balaban J connectivity index is 0.000000203. The van der Waals surface area contributed by atoms with Crippen molar-refractivity contribution in [3.63, 3.8) is 0 Å². The molecule has 3 fully saturated rings. The van der Waals surface area contributed by atoms with Crippen molar-refractivity contribution >= 4 is 71.0 Å². The fourth-order valence-electron chi connectivity index (χ4n) is 12.7. The number of hydrogen-bond acceptors (Lipinski definition) is 19. The summed E-state index contributed by atoms with van der Waals surface area (Å²) in [5.41, 5.74) is 2.88. The predicted octanol–water partition coefficient (Wildman–Crippen LogP) is 16.0. The Morgan fingerprint density at radius 1 is 0.387 bits per heavy atom. The molecule has 6 atom stereocenters. The number of carbonyl (C=O) groups is 6. The number of carbonyl (C=O) groups excluding carboxylic acids is 5. The summed E-state index contributed by atoms with van der Waals surface area (Å²) < 4.78 is 21.3. The minimum atomic E-state index is -1.04. The molecule has 4 amide bonds. The van der Waals surface area contributed by atoms with Gasteiger partial charge in [0.2, 0.25) is 0 Å². The number of ether oxygens (including phenoxy) is 4. The van der Waals surface area contributed by atoms with Crippen molar-refractivity contribution < 1.29 is 52.8 Å². The molecule has 0 bridgehead atoms. The molecule has 3 aliphatic carbocycles. The van der Waals surface area contributed by atoms with Crippen LogP contribution in [0.25, 0.3) is 0 Å². The maximum absolute atomic E-state index is 13.6. The van der Waals surface area contributed by atoms with Gasteiger partial charge in [0, 0.05) is 37.8 Å². The summed E-state index contributed by atoms with van der Waals surface area (Å²) in [6.45, 7) is 22.1. The topological polar surface area (TPSA) is 319 Å². The molecular weight excluding hydrogens is 1340 g/mol. The summed E-state index contributed by atoms with van der Waals surface area (Å²) in [7, 11) is 1.35. The summed E-state index contributed by atoms with van der Waals surface area (Å²) >= 11 is 0. The van der Waals surface area contributed by atoms with Gasteiger partial charge >= 0.3 is 30.2 Å². The number of benzene rings is 4. The Hall–Kier alpha value is -10.7. The van der Waals surface area contributed by atoms with Crippen LogP contribution in [0.15, 0.2) is 158 Å². The third-order valence-electron chi connectivity index (χ3n) is 17.8. The van der Waals surface area contributed by atoms with Crippen molar-refractivity contribution in [1.82, 2.24) is 36.2 Å². The van der Waals surface area contributed by atoms with Crippen molar-refractivity contribution in [2.24, 2.45) is 0 Å². The molecule has 3 aliphatic rings. The number of pyridine rings is 3. The molecule has 3 heterocycles. The van der Waals surface area contributed by atoms with Gasteiger partial charge in [-0.2, -0.15) is 0 Å². The van der Waals surface area contributed by atoms with Gasteiger partial charge in [-0.3, -0.25) is 4.79 Å². The van der Waals surface area contributed by atoms with E-state index in [0.29, 0.717) is 65.7 Å². The molecule has 7 aromatic rings. The minimum absolute atomic E-state index is 0.00437. The number of methoxy groups -OCH3 is 1. The fraction of sp³-hybridized carbons (Fsp3) is 0.451. The largest absolute Gasteiger partial charge is 0.478 e. The first-order chi connectivity index (χ1) is 50.5.